The number of hydrogen-bond acceptors (Lipinski definition) is 0. The van der Waals surface area contributed by atoms with E-state index >= 15 is 0 Å². The molecular formula is C24H26. The van der Waals surface area contributed by atoms with Crippen molar-refractivity contribution < 1.29 is 0 Å². The Balaban J connectivity index is 1.71. The molecule has 0 spiro atoms. The van der Waals surface area contributed by atoms with Crippen LogP contribution in [0.5, 0.6) is 0 Å². The highest BCUT2D eigenvalue weighted by atomic mass is 14.1. The largest absolute Gasteiger partial charge is 0.0648 e. The molecule has 3 aromatic rings. The summed E-state index contributed by atoms with van der Waals surface area (Å²) in [6.45, 7) is 6.66. The van der Waals surface area contributed by atoms with Crippen LogP contribution in [0, 0.1) is 6.92 Å². The van der Waals surface area contributed by atoms with E-state index in [-0.39, 0.29) is 0 Å². The van der Waals surface area contributed by atoms with E-state index < -0.39 is 0 Å². The molecule has 1 unspecified atom stereocenters. The average molecular weight is 314 g/mol. The summed E-state index contributed by atoms with van der Waals surface area (Å²) in [5, 5.41) is 0. The predicted molar refractivity (Wildman–Crippen MR) is 105 cm³/mol. The minimum absolute atomic E-state index is 0.646. The Morgan fingerprint density at radius 3 is 1.62 bits per heavy atom. The van der Waals surface area contributed by atoms with Gasteiger partial charge < -0.3 is 0 Å². The van der Waals surface area contributed by atoms with E-state index in [0.717, 1.165) is 6.42 Å². The molecule has 3 rings (SSSR count). The molecule has 0 aliphatic heterocycles. The lowest BCUT2D eigenvalue weighted by atomic mass is 9.95. The second-order valence-corrected chi connectivity index (χ2v) is 6.79. The van der Waals surface area contributed by atoms with Crippen LogP contribution in [-0.4, -0.2) is 0 Å². The molecule has 0 aromatic heterocycles. The second-order valence-electron chi connectivity index (χ2n) is 6.79. The van der Waals surface area contributed by atoms with E-state index in [1.807, 2.05) is 0 Å². The third-order valence-electron chi connectivity index (χ3n) is 4.91. The molecule has 0 radical (unpaired) electrons. The van der Waals surface area contributed by atoms with Crippen LogP contribution in [0.1, 0.15) is 48.4 Å². The standard InChI is InChI=1S/C24H26/c1-4-19(3)22-13-7-20(8-14-22)17-21-9-15-24(16-10-21)23-11-5-18(2)6-12-23/h5-16,19H,4,17H2,1-3H3. The van der Waals surface area contributed by atoms with Gasteiger partial charge in [0.2, 0.25) is 0 Å². The van der Waals surface area contributed by atoms with E-state index in [1.54, 1.807) is 0 Å². The minimum atomic E-state index is 0.646. The summed E-state index contributed by atoms with van der Waals surface area (Å²) in [5.41, 5.74) is 8.05. The third kappa shape index (κ3) is 3.94. The Morgan fingerprint density at radius 1 is 0.667 bits per heavy atom. The fourth-order valence-electron chi connectivity index (χ4n) is 3.00. The average Bonchev–Trinajstić information content (AvgIpc) is 2.63. The Hall–Kier alpha value is -2.34. The fourth-order valence-corrected chi connectivity index (χ4v) is 3.00. The highest BCUT2D eigenvalue weighted by Gasteiger charge is 2.03. The molecule has 0 bridgehead atoms. The van der Waals surface area contributed by atoms with Crippen molar-refractivity contribution in [3.05, 3.63) is 95.1 Å². The molecule has 0 N–H and O–H groups in total. The van der Waals surface area contributed by atoms with E-state index in [2.05, 4.69) is 93.6 Å². The lowest BCUT2D eigenvalue weighted by molar-refractivity contribution is 0.733. The van der Waals surface area contributed by atoms with Gasteiger partial charge >= 0.3 is 0 Å². The van der Waals surface area contributed by atoms with E-state index in [4.69, 9.17) is 0 Å². The summed E-state index contributed by atoms with van der Waals surface area (Å²) in [7, 11) is 0. The van der Waals surface area contributed by atoms with Crippen LogP contribution in [0.25, 0.3) is 11.1 Å². The zero-order valence-electron chi connectivity index (χ0n) is 14.9. The van der Waals surface area contributed by atoms with Crippen molar-refractivity contribution >= 4 is 0 Å². The molecule has 0 amide bonds. The maximum absolute atomic E-state index is 2.29. The molecular weight excluding hydrogens is 288 g/mol. The Morgan fingerprint density at radius 2 is 1.12 bits per heavy atom. The van der Waals surface area contributed by atoms with Crippen LogP contribution in [0.4, 0.5) is 0 Å². The first-order valence-corrected chi connectivity index (χ1v) is 8.90. The Bertz CT molecular complexity index is 762. The number of rotatable bonds is 5. The highest BCUT2D eigenvalue weighted by molar-refractivity contribution is 5.64. The summed E-state index contributed by atoms with van der Waals surface area (Å²) in [4.78, 5) is 0. The monoisotopic (exact) mass is 314 g/mol. The smallest absolute Gasteiger partial charge is 0.00258 e. The van der Waals surface area contributed by atoms with Crippen molar-refractivity contribution in [3.8, 4) is 11.1 Å². The first kappa shape index (κ1) is 16.5. The molecule has 0 aliphatic carbocycles. The molecule has 0 fully saturated rings. The molecule has 0 heteroatoms. The number of aryl methyl sites for hydroxylation is 1. The van der Waals surface area contributed by atoms with Gasteiger partial charge in [-0.25, -0.2) is 0 Å². The molecule has 3 aromatic carbocycles. The SMILES string of the molecule is CCC(C)c1ccc(Cc2ccc(-c3ccc(C)cc3)cc2)cc1. The predicted octanol–water partition coefficient (Wildman–Crippen LogP) is 6.77. The van der Waals surface area contributed by atoms with Gasteiger partial charge in [-0.1, -0.05) is 92.2 Å². The lowest BCUT2D eigenvalue weighted by Gasteiger charge is -2.10. The van der Waals surface area contributed by atoms with Crippen LogP contribution >= 0.6 is 0 Å². The molecule has 0 saturated heterocycles. The third-order valence-corrected chi connectivity index (χ3v) is 4.91. The maximum Gasteiger partial charge on any atom is -0.00258 e. The van der Waals surface area contributed by atoms with E-state index in [0.29, 0.717) is 5.92 Å². The summed E-state index contributed by atoms with van der Waals surface area (Å²) in [6.07, 6.45) is 2.19. The van der Waals surface area contributed by atoms with Crippen LogP contribution in [0.2, 0.25) is 0 Å². The quantitative estimate of drug-likeness (QED) is 0.487. The topological polar surface area (TPSA) is 0 Å². The molecule has 0 aliphatic rings. The Kier molecular flexibility index (Phi) is 5.15. The van der Waals surface area contributed by atoms with Crippen molar-refractivity contribution in [1.29, 1.82) is 0 Å². The zero-order chi connectivity index (χ0) is 16.9. The number of hydrogen-bond donors (Lipinski definition) is 0. The summed E-state index contributed by atoms with van der Waals surface area (Å²) in [6, 6.07) is 26.8. The minimum Gasteiger partial charge on any atom is -0.0648 e. The molecule has 0 nitrogen and oxygen atoms in total. The van der Waals surface area contributed by atoms with Crippen molar-refractivity contribution in [3.63, 3.8) is 0 Å². The van der Waals surface area contributed by atoms with Crippen LogP contribution in [0.3, 0.4) is 0 Å². The first-order valence-electron chi connectivity index (χ1n) is 8.90. The maximum atomic E-state index is 2.29. The van der Waals surface area contributed by atoms with Gasteiger partial charge in [0.25, 0.3) is 0 Å². The molecule has 0 saturated carbocycles. The molecule has 1 atom stereocenters. The van der Waals surface area contributed by atoms with E-state index in [1.165, 1.54) is 39.8 Å². The molecule has 122 valence electrons. The normalized spacial score (nSPS) is 12.1. The van der Waals surface area contributed by atoms with Crippen LogP contribution in [-0.2, 0) is 6.42 Å². The van der Waals surface area contributed by atoms with Gasteiger partial charge in [0.15, 0.2) is 0 Å². The second kappa shape index (κ2) is 7.49. The van der Waals surface area contributed by atoms with Crippen molar-refractivity contribution in [2.24, 2.45) is 0 Å². The van der Waals surface area contributed by atoms with Gasteiger partial charge in [-0.05, 0) is 53.5 Å². The first-order chi connectivity index (χ1) is 11.7. The van der Waals surface area contributed by atoms with E-state index in [9.17, 15) is 0 Å². The van der Waals surface area contributed by atoms with Gasteiger partial charge in [-0.3, -0.25) is 0 Å². The van der Waals surface area contributed by atoms with Crippen molar-refractivity contribution in [1.82, 2.24) is 0 Å². The number of benzene rings is 3. The highest BCUT2D eigenvalue weighted by Crippen LogP contribution is 2.22. The summed E-state index contributed by atoms with van der Waals surface area (Å²) < 4.78 is 0. The van der Waals surface area contributed by atoms with Gasteiger partial charge in [0.1, 0.15) is 0 Å². The van der Waals surface area contributed by atoms with Crippen molar-refractivity contribution in [2.75, 3.05) is 0 Å². The van der Waals surface area contributed by atoms with Gasteiger partial charge in [-0.2, -0.15) is 0 Å². The fraction of sp³-hybridized carbons (Fsp3) is 0.250. The van der Waals surface area contributed by atoms with Gasteiger partial charge in [0.05, 0.1) is 0 Å². The zero-order valence-corrected chi connectivity index (χ0v) is 14.9. The van der Waals surface area contributed by atoms with Crippen LogP contribution < -0.4 is 0 Å². The Labute approximate surface area is 146 Å². The van der Waals surface area contributed by atoms with Crippen molar-refractivity contribution in [2.45, 2.75) is 39.5 Å². The lowest BCUT2D eigenvalue weighted by Crippen LogP contribution is -1.93. The molecule has 0 heterocycles. The summed E-state index contributed by atoms with van der Waals surface area (Å²) >= 11 is 0. The van der Waals surface area contributed by atoms with Gasteiger partial charge in [0, 0.05) is 0 Å². The van der Waals surface area contributed by atoms with Crippen LogP contribution in [0.15, 0.2) is 72.8 Å². The molecule has 24 heavy (non-hydrogen) atoms. The van der Waals surface area contributed by atoms with Gasteiger partial charge in [-0.15, -0.1) is 0 Å². The summed E-state index contributed by atoms with van der Waals surface area (Å²) in [5.74, 6) is 0.646.